The molecule has 6 aliphatic heterocycles. The first-order valence-corrected chi connectivity index (χ1v) is 33.4. The van der Waals surface area contributed by atoms with Gasteiger partial charge in [-0.25, -0.2) is 5.26 Å². The molecule has 0 radical (unpaired) electrons. The van der Waals surface area contributed by atoms with E-state index in [2.05, 4.69) is 121 Å². The fourth-order valence-corrected chi connectivity index (χ4v) is 15.3. The van der Waals surface area contributed by atoms with Crippen molar-refractivity contribution in [3.05, 3.63) is 176 Å². The Morgan fingerprint density at radius 1 is 0.608 bits per heavy atom. The average Bonchev–Trinajstić information content (AvgIpc) is 0.705. The van der Waals surface area contributed by atoms with E-state index in [1.54, 1.807) is 50.7 Å². The number of fused-ring (bicyclic) bond motifs is 14. The zero-order valence-electron chi connectivity index (χ0n) is 60.7. The summed E-state index contributed by atoms with van der Waals surface area (Å²) in [5.74, 6) is 6.06. The second-order valence-electron chi connectivity index (χ2n) is 23.8. The Balaban J connectivity index is 0.000000854. The molecule has 0 spiro atoms. The number of hydrogen-bond acceptors (Lipinski definition) is 26. The van der Waals surface area contributed by atoms with Crippen LogP contribution in [0.2, 0.25) is 0 Å². The molecule has 4 aromatic rings. The van der Waals surface area contributed by atoms with E-state index in [1.807, 2.05) is 27.7 Å². The molecule has 4 aromatic carbocycles. The van der Waals surface area contributed by atoms with Gasteiger partial charge in [0.1, 0.15) is 74.7 Å². The largest absolute Gasteiger partial charge is 1.00 e. The molecule has 102 heavy (non-hydrogen) atoms. The number of nitrogens with zero attached hydrogens (tertiary/aromatic N) is 7. The number of aliphatic hydroxyl groups excluding tert-OH is 1. The van der Waals surface area contributed by atoms with Crippen molar-refractivity contribution in [2.24, 2.45) is 11.1 Å². The van der Waals surface area contributed by atoms with Crippen molar-refractivity contribution in [1.82, 2.24) is 19.6 Å². The Hall–Kier alpha value is -5.18. The maximum Gasteiger partial charge on any atom is 1.00 e. The van der Waals surface area contributed by atoms with Crippen LogP contribution in [0.15, 0.2) is 93.4 Å². The molecule has 0 aromatic heterocycles. The predicted octanol–water partition coefficient (Wildman–Crippen LogP) is 0.798. The number of likely N-dealkylation sites (N-methyl/N-ethyl adjacent to an activating group) is 2. The van der Waals surface area contributed by atoms with E-state index in [0.717, 1.165) is 112 Å². The second-order valence-corrected chi connectivity index (χ2v) is 24.6. The molecular weight excluding hydrogens is 1390 g/mol. The third-order valence-corrected chi connectivity index (χ3v) is 19.1. The molecule has 27 nitrogen and oxygen atoms in total. The molecule has 12 atom stereocenters. The molecule has 0 saturated carbocycles. The van der Waals surface area contributed by atoms with E-state index in [0.29, 0.717) is 83.4 Å². The van der Waals surface area contributed by atoms with Gasteiger partial charge in [-0.05, 0) is 140 Å². The van der Waals surface area contributed by atoms with Crippen LogP contribution in [-0.2, 0) is 44.5 Å². The summed E-state index contributed by atoms with van der Waals surface area (Å²) in [7, 11) is 3.40. The van der Waals surface area contributed by atoms with Crippen LogP contribution in [-0.4, -0.2) is 158 Å². The quantitative estimate of drug-likeness (QED) is 0.0188. The molecule has 2 fully saturated rings. The van der Waals surface area contributed by atoms with Gasteiger partial charge in [-0.1, -0.05) is 88.1 Å². The van der Waals surface area contributed by atoms with Gasteiger partial charge in [-0.3, -0.25) is 19.6 Å². The third kappa shape index (κ3) is 19.1. The van der Waals surface area contributed by atoms with Gasteiger partial charge in [0.05, 0.1) is 61.8 Å². The summed E-state index contributed by atoms with van der Waals surface area (Å²) in [6, 6.07) is 7.54. The molecular formula is C70H93N8Na3O19P2+2. The van der Waals surface area contributed by atoms with Crippen LogP contribution in [0.4, 0.5) is 0 Å². The Morgan fingerprint density at radius 3 is 1.19 bits per heavy atom. The van der Waals surface area contributed by atoms with Crippen LogP contribution in [0.3, 0.4) is 0 Å². The summed E-state index contributed by atoms with van der Waals surface area (Å²) in [5, 5.41) is 51.7. The number of ether oxygens (including phenoxy) is 8. The van der Waals surface area contributed by atoms with E-state index in [1.165, 1.54) is 5.56 Å². The third-order valence-electron chi connectivity index (χ3n) is 18.9. The van der Waals surface area contributed by atoms with Crippen LogP contribution in [0.25, 0.3) is 0 Å². The number of methoxy groups -OCH3 is 2. The topological polar surface area (TPSA) is 379 Å². The Bertz CT molecular complexity index is 3500. The van der Waals surface area contributed by atoms with E-state index in [9.17, 15) is 15.6 Å². The molecule has 2 unspecified atom stereocenters. The average molecular weight is 1480 g/mol. The fourth-order valence-electron chi connectivity index (χ4n) is 15.3. The Kier molecular flexibility index (Phi) is 40.1. The zero-order chi connectivity index (χ0) is 72.4. The van der Waals surface area contributed by atoms with Crippen molar-refractivity contribution in [3.63, 3.8) is 0 Å². The number of nitrogens with two attached hydrogens (primary N) is 1. The normalized spacial score (nSPS) is 21.3. The van der Waals surface area contributed by atoms with Gasteiger partial charge in [0.15, 0.2) is 23.0 Å². The van der Waals surface area contributed by atoms with E-state index >= 15 is 0 Å². The van der Waals surface area contributed by atoms with Crippen LogP contribution >= 0.6 is 16.9 Å². The summed E-state index contributed by atoms with van der Waals surface area (Å²) in [6.07, 6.45) is 13.1. The number of hydrogen-bond donors (Lipinski definition) is 4. The van der Waals surface area contributed by atoms with Crippen molar-refractivity contribution < 1.29 is 172 Å². The minimum atomic E-state index is -3.12. The number of nitriles is 2. The summed E-state index contributed by atoms with van der Waals surface area (Å²) >= 11 is 0. The zero-order valence-corrected chi connectivity index (χ0v) is 68.6. The minimum Gasteiger partial charge on any atom is -0.870 e. The maximum absolute atomic E-state index is 11.1. The number of aliphatic hydroxyl groups is 1. The fraction of sp³-hybridized carbons (Fsp3) is 0.457. The molecule has 2 saturated heterocycles. The molecule has 538 valence electrons. The first-order chi connectivity index (χ1) is 47.1. The van der Waals surface area contributed by atoms with Crippen LogP contribution in [0.1, 0.15) is 103 Å². The van der Waals surface area contributed by atoms with Crippen LogP contribution < -0.4 is 137 Å². The smallest absolute Gasteiger partial charge is 0.870 e. The molecule has 4 bridgehead atoms. The van der Waals surface area contributed by atoms with Gasteiger partial charge in [0.2, 0.25) is 0 Å². The van der Waals surface area contributed by atoms with Gasteiger partial charge < -0.3 is 69.2 Å². The Morgan fingerprint density at radius 2 is 0.912 bits per heavy atom. The molecule has 10 rings (SSSR count). The number of rotatable bonds is 24. The SMILES string of the molecule is C=CCOc1c(C)c(C)c(OCC=C)c2c1C[C@H]1[C@H]3c4c(cc(C)c(OC)c4OCC=C)C[C@@H]([C@H](C#N)N1[C@H]2CN)N3C.C=CCOc1c(C)c(C)c(OCC=C)c2c1C[C@H]1[C@H]3c4c(cc(C)c(OC)c4OCC=C)C[C@@H]([C@H](C#N)N1[C@H]2CO)N3C.O=N[O-].O=[P+]([O-])O.O=[PH+]OOO.[HH].[Na+].[Na+].[Na+].[OH-]. The molecule has 0 aliphatic carbocycles. The van der Waals surface area contributed by atoms with Gasteiger partial charge in [-0.2, -0.15) is 15.4 Å². The molecule has 6 aliphatic rings. The summed E-state index contributed by atoms with van der Waals surface area (Å²) in [4.78, 5) is 32.9. The van der Waals surface area contributed by atoms with Crippen molar-refractivity contribution in [3.8, 4) is 58.1 Å². The molecule has 0 amide bonds. The van der Waals surface area contributed by atoms with E-state index < -0.39 is 29.0 Å². The van der Waals surface area contributed by atoms with Crippen LogP contribution in [0, 0.1) is 74.3 Å². The van der Waals surface area contributed by atoms with Crippen LogP contribution in [0.5, 0.6) is 46.0 Å². The van der Waals surface area contributed by atoms with Crippen molar-refractivity contribution >= 4 is 16.9 Å². The monoisotopic (exact) mass is 1480 g/mol. The first kappa shape index (κ1) is 92.9. The predicted molar refractivity (Wildman–Crippen MR) is 373 cm³/mol. The van der Waals surface area contributed by atoms with Crippen molar-refractivity contribution in [2.45, 2.75) is 128 Å². The molecule has 6 heterocycles. The minimum absolute atomic E-state index is 0. The van der Waals surface area contributed by atoms with E-state index in [4.69, 9.17) is 77.9 Å². The van der Waals surface area contributed by atoms with Gasteiger partial charge >= 0.3 is 106 Å². The van der Waals surface area contributed by atoms with Crippen molar-refractivity contribution in [2.75, 3.05) is 81.1 Å². The summed E-state index contributed by atoms with van der Waals surface area (Å²) < 4.78 is 71.0. The number of aryl methyl sites for hydroxylation is 2. The first-order valence-electron chi connectivity index (χ1n) is 31.5. The summed E-state index contributed by atoms with van der Waals surface area (Å²) in [6.45, 7) is 37.8. The summed E-state index contributed by atoms with van der Waals surface area (Å²) in [5.41, 5.74) is 21.1. The van der Waals surface area contributed by atoms with Gasteiger partial charge in [0, 0.05) is 65.5 Å². The maximum atomic E-state index is 11.1. The standard InChI is InChI=1S/C35H44N4O4.C35H43N3O5.HNO2.3Na.HO4P.HO3P.H2O.H2/c1-9-12-41-33-21(5)22(6)34(42-13-10-2)30-24(33)17-26-31-29-23(15-20(4)32(40-8)35(29)43-14-11-3)16-25(38(31)7)27(18-36)39(26)28(30)19-37;1-9-12-41-33-21(5)22(6)34(42-13-10-2)30-24(33)17-26-31-29-23(15-20(4)32(40-8)35(29)43-14-11-3)16-25(37(31)7)27(18-36)38(26)28(30)19-39;2-1-3;;;;1-3-4-5-2;1-4(2)3;;/h9-11,15,25-28,31H,1-3,12-14,16-17,19,37H2,4-8H3;9-11,15,25-28,31,39H,1-3,12-14,16-17,19H2,4-8H3;(H,2,3);;;;5H;(H,1,2,3);1H2;1H/q;;;3*+1;;;;/p-1/t2*25-,26-,27-,28-,31-;;;;;;;;/m00......../s1. The molecule has 6 N–H and O–H groups in total. The van der Waals surface area contributed by atoms with E-state index in [-0.39, 0.29) is 151 Å². The second kappa shape index (κ2) is 44.1. The van der Waals surface area contributed by atoms with Gasteiger partial charge in [0.25, 0.3) is 0 Å². The Labute approximate surface area is 667 Å². The van der Waals surface area contributed by atoms with Crippen molar-refractivity contribution in [1.29, 1.82) is 10.5 Å². The number of benzene rings is 4. The number of piperazine rings is 2. The molecule has 32 heteroatoms. The van der Waals surface area contributed by atoms with Gasteiger partial charge in [-0.15, -0.1) is 5.34 Å².